The van der Waals surface area contributed by atoms with E-state index >= 15 is 0 Å². The Bertz CT molecular complexity index is 935. The maximum atomic E-state index is 12.0. The first-order valence-electron chi connectivity index (χ1n) is 7.51. The highest BCUT2D eigenvalue weighted by atomic mass is 16.5. The monoisotopic (exact) mass is 340 g/mol. The van der Waals surface area contributed by atoms with Crippen LogP contribution in [0.25, 0.3) is 10.9 Å². The number of carbonyl (C=O) groups is 2. The predicted molar refractivity (Wildman–Crippen MR) is 90.0 cm³/mol. The molecule has 0 atom stereocenters. The molecule has 0 aliphatic rings. The summed E-state index contributed by atoms with van der Waals surface area (Å²) in [4.78, 5) is 28.1. The number of aromatic nitrogens is 2. The van der Waals surface area contributed by atoms with Gasteiger partial charge in [-0.2, -0.15) is 0 Å². The van der Waals surface area contributed by atoms with Gasteiger partial charge in [-0.15, -0.1) is 0 Å². The van der Waals surface area contributed by atoms with Crippen molar-refractivity contribution in [3.63, 3.8) is 0 Å². The van der Waals surface area contributed by atoms with Gasteiger partial charge in [-0.1, -0.05) is 5.16 Å². The second kappa shape index (κ2) is 7.00. The Morgan fingerprint density at radius 2 is 2.00 bits per heavy atom. The fraction of sp³-hybridized carbons (Fsp3) is 0.176. The number of ether oxygens (including phenoxy) is 1. The van der Waals surface area contributed by atoms with Gasteiger partial charge in [-0.05, 0) is 31.2 Å². The third-order valence-electron chi connectivity index (χ3n) is 3.44. The number of aryl methyl sites for hydroxylation is 1. The number of fused-ring (bicyclic) bond motifs is 1. The number of nitrogens with one attached hydrogen (secondary N) is 2. The first-order chi connectivity index (χ1) is 12.0. The van der Waals surface area contributed by atoms with Crippen molar-refractivity contribution in [3.05, 3.63) is 47.9 Å². The Morgan fingerprint density at radius 3 is 2.72 bits per heavy atom. The van der Waals surface area contributed by atoms with Crippen LogP contribution in [0.15, 0.2) is 40.9 Å². The SMILES string of the molecule is COc1ccc2cc(NC(=O)C(=O)NCc3cc(C)no3)ccc2n1. The van der Waals surface area contributed by atoms with Crippen molar-refractivity contribution in [1.82, 2.24) is 15.5 Å². The fourth-order valence-corrected chi connectivity index (χ4v) is 2.23. The first kappa shape index (κ1) is 16.4. The van der Waals surface area contributed by atoms with Crippen LogP contribution in [0.5, 0.6) is 5.88 Å². The van der Waals surface area contributed by atoms with E-state index in [0.29, 0.717) is 23.0 Å². The average Bonchev–Trinajstić information content (AvgIpc) is 3.04. The number of nitrogens with zero attached hydrogens (tertiary/aromatic N) is 2. The molecule has 0 saturated heterocycles. The number of anilines is 1. The van der Waals surface area contributed by atoms with Gasteiger partial charge in [0.2, 0.25) is 5.88 Å². The summed E-state index contributed by atoms with van der Waals surface area (Å²) in [6, 6.07) is 10.4. The molecule has 2 amide bonds. The maximum absolute atomic E-state index is 12.0. The fourth-order valence-electron chi connectivity index (χ4n) is 2.23. The molecule has 128 valence electrons. The van der Waals surface area contributed by atoms with Crippen LogP contribution in [0, 0.1) is 6.92 Å². The molecular formula is C17H16N4O4. The third-order valence-corrected chi connectivity index (χ3v) is 3.44. The smallest absolute Gasteiger partial charge is 0.313 e. The summed E-state index contributed by atoms with van der Waals surface area (Å²) in [5.74, 6) is -0.547. The van der Waals surface area contributed by atoms with Gasteiger partial charge in [0.1, 0.15) is 0 Å². The van der Waals surface area contributed by atoms with Gasteiger partial charge in [0, 0.05) is 23.2 Å². The molecule has 3 aromatic rings. The van der Waals surface area contributed by atoms with Gasteiger partial charge in [0.05, 0.1) is 24.9 Å². The van der Waals surface area contributed by atoms with Crippen molar-refractivity contribution in [1.29, 1.82) is 0 Å². The number of hydrogen-bond donors (Lipinski definition) is 2. The number of carbonyl (C=O) groups excluding carboxylic acids is 2. The highest BCUT2D eigenvalue weighted by Crippen LogP contribution is 2.20. The standard InChI is InChI=1S/C17H16N4O4/c1-10-7-13(25-21-10)9-18-16(22)17(23)19-12-4-5-14-11(8-12)3-6-15(20-14)24-2/h3-8H,9H2,1-2H3,(H,18,22)(H,19,23). The number of pyridine rings is 1. The lowest BCUT2D eigenvalue weighted by molar-refractivity contribution is -0.136. The Kier molecular flexibility index (Phi) is 4.60. The molecule has 0 bridgehead atoms. The molecule has 8 nitrogen and oxygen atoms in total. The molecule has 0 aliphatic carbocycles. The Hall–Kier alpha value is -3.42. The summed E-state index contributed by atoms with van der Waals surface area (Å²) in [6.45, 7) is 1.86. The summed E-state index contributed by atoms with van der Waals surface area (Å²) in [5, 5.41) is 9.54. The van der Waals surface area contributed by atoms with E-state index in [0.717, 1.165) is 10.9 Å². The zero-order chi connectivity index (χ0) is 17.8. The Balaban J connectivity index is 1.63. The largest absolute Gasteiger partial charge is 0.481 e. The van der Waals surface area contributed by atoms with Crippen molar-refractivity contribution in [2.24, 2.45) is 0 Å². The van der Waals surface area contributed by atoms with Gasteiger partial charge < -0.3 is 19.9 Å². The van der Waals surface area contributed by atoms with Crippen LogP contribution >= 0.6 is 0 Å². The number of methoxy groups -OCH3 is 1. The van der Waals surface area contributed by atoms with Crippen LogP contribution in [0.1, 0.15) is 11.5 Å². The van der Waals surface area contributed by atoms with Gasteiger partial charge in [0.25, 0.3) is 0 Å². The highest BCUT2D eigenvalue weighted by Gasteiger charge is 2.14. The van der Waals surface area contributed by atoms with Gasteiger partial charge in [0.15, 0.2) is 5.76 Å². The van der Waals surface area contributed by atoms with E-state index in [4.69, 9.17) is 9.26 Å². The zero-order valence-corrected chi connectivity index (χ0v) is 13.7. The molecule has 2 aromatic heterocycles. The van der Waals surface area contributed by atoms with E-state index in [-0.39, 0.29) is 6.54 Å². The van der Waals surface area contributed by atoms with Gasteiger partial charge >= 0.3 is 11.8 Å². The second-order valence-electron chi connectivity index (χ2n) is 5.33. The molecule has 0 unspecified atom stereocenters. The minimum atomic E-state index is -0.767. The zero-order valence-electron chi connectivity index (χ0n) is 13.7. The molecule has 0 saturated carbocycles. The molecule has 2 N–H and O–H groups in total. The van der Waals surface area contributed by atoms with Crippen molar-refractivity contribution in [2.75, 3.05) is 12.4 Å². The van der Waals surface area contributed by atoms with Crippen molar-refractivity contribution < 1.29 is 18.8 Å². The van der Waals surface area contributed by atoms with Gasteiger partial charge in [-0.25, -0.2) is 4.98 Å². The minimum Gasteiger partial charge on any atom is -0.481 e. The third kappa shape index (κ3) is 3.92. The lowest BCUT2D eigenvalue weighted by Crippen LogP contribution is -2.34. The van der Waals surface area contributed by atoms with Crippen molar-refractivity contribution >= 4 is 28.4 Å². The van der Waals surface area contributed by atoms with E-state index < -0.39 is 11.8 Å². The molecular weight excluding hydrogens is 324 g/mol. The molecule has 0 radical (unpaired) electrons. The van der Waals surface area contributed by atoms with Crippen LogP contribution in [0.2, 0.25) is 0 Å². The number of rotatable bonds is 4. The Labute approximate surface area is 143 Å². The van der Waals surface area contributed by atoms with Crippen LogP contribution in [0.4, 0.5) is 5.69 Å². The highest BCUT2D eigenvalue weighted by molar-refractivity contribution is 6.39. The molecule has 0 aliphatic heterocycles. The molecule has 2 heterocycles. The molecule has 25 heavy (non-hydrogen) atoms. The summed E-state index contributed by atoms with van der Waals surface area (Å²) >= 11 is 0. The molecule has 1 aromatic carbocycles. The average molecular weight is 340 g/mol. The number of amides is 2. The summed E-state index contributed by atoms with van der Waals surface area (Å²) in [5.41, 5.74) is 1.92. The molecule has 0 fully saturated rings. The molecule has 8 heteroatoms. The lowest BCUT2D eigenvalue weighted by Gasteiger charge is -2.07. The minimum absolute atomic E-state index is 0.0918. The second-order valence-corrected chi connectivity index (χ2v) is 5.33. The van der Waals surface area contributed by atoms with Crippen LogP contribution < -0.4 is 15.4 Å². The van der Waals surface area contributed by atoms with Gasteiger partial charge in [-0.3, -0.25) is 9.59 Å². The predicted octanol–water partition coefficient (Wildman–Crippen LogP) is 1.79. The topological polar surface area (TPSA) is 106 Å². The van der Waals surface area contributed by atoms with E-state index in [1.54, 1.807) is 44.4 Å². The van der Waals surface area contributed by atoms with Crippen molar-refractivity contribution in [3.8, 4) is 5.88 Å². The van der Waals surface area contributed by atoms with E-state index in [2.05, 4.69) is 20.8 Å². The van der Waals surface area contributed by atoms with E-state index in [9.17, 15) is 9.59 Å². The van der Waals surface area contributed by atoms with Crippen LogP contribution in [-0.4, -0.2) is 29.1 Å². The quantitative estimate of drug-likeness (QED) is 0.701. The lowest BCUT2D eigenvalue weighted by atomic mass is 10.2. The number of benzene rings is 1. The van der Waals surface area contributed by atoms with E-state index in [1.165, 1.54) is 0 Å². The number of hydrogen-bond acceptors (Lipinski definition) is 6. The van der Waals surface area contributed by atoms with Crippen LogP contribution in [-0.2, 0) is 16.1 Å². The first-order valence-corrected chi connectivity index (χ1v) is 7.51. The summed E-state index contributed by atoms with van der Waals surface area (Å²) < 4.78 is 10.0. The normalized spacial score (nSPS) is 10.5. The molecule has 3 rings (SSSR count). The van der Waals surface area contributed by atoms with Crippen molar-refractivity contribution in [2.45, 2.75) is 13.5 Å². The van der Waals surface area contributed by atoms with Crippen LogP contribution in [0.3, 0.4) is 0 Å². The van der Waals surface area contributed by atoms with E-state index in [1.807, 2.05) is 6.07 Å². The summed E-state index contributed by atoms with van der Waals surface area (Å²) in [6.07, 6.45) is 0. The summed E-state index contributed by atoms with van der Waals surface area (Å²) in [7, 11) is 1.54. The molecule has 0 spiro atoms. The maximum Gasteiger partial charge on any atom is 0.313 e. The Morgan fingerprint density at radius 1 is 1.16 bits per heavy atom.